The van der Waals surface area contributed by atoms with Gasteiger partial charge in [-0.2, -0.15) is 8.42 Å². The molecule has 3 rings (SSSR count). The molecule has 0 fully saturated rings. The summed E-state index contributed by atoms with van der Waals surface area (Å²) in [5.41, 5.74) is -0.325. The fourth-order valence-corrected chi connectivity index (χ4v) is 3.37. The Bertz CT molecular complexity index is 890. The van der Waals surface area contributed by atoms with Gasteiger partial charge in [0.1, 0.15) is 16.2 Å². The molecule has 0 radical (unpaired) electrons. The first-order valence-electron chi connectivity index (χ1n) is 6.12. The molecule has 1 aliphatic rings. The van der Waals surface area contributed by atoms with Crippen molar-refractivity contribution in [3.05, 3.63) is 59.7 Å². The van der Waals surface area contributed by atoms with Crippen molar-refractivity contribution >= 4 is 21.9 Å². The first-order chi connectivity index (χ1) is 10.4. The van der Waals surface area contributed by atoms with Crippen LogP contribution in [0.15, 0.2) is 53.4 Å². The molecule has 0 atom stereocenters. The summed E-state index contributed by atoms with van der Waals surface area (Å²) in [5.74, 6) is -2.49. The zero-order valence-corrected chi connectivity index (χ0v) is 11.8. The molecule has 2 aromatic rings. The number of aromatic hydroxyl groups is 1. The summed E-state index contributed by atoms with van der Waals surface area (Å²) in [4.78, 5) is 28.5. The second kappa shape index (κ2) is 4.85. The lowest BCUT2D eigenvalue weighted by atomic mass is 10.2. The van der Waals surface area contributed by atoms with E-state index >= 15 is 0 Å². The third-order valence-electron chi connectivity index (χ3n) is 3.07. The lowest BCUT2D eigenvalue weighted by Gasteiger charge is -2.14. The molecule has 0 aliphatic carbocycles. The minimum Gasteiger partial charge on any atom is -0.507 e. The van der Waals surface area contributed by atoms with Crippen LogP contribution in [0.4, 0.5) is 0 Å². The number of hydrogen-bond acceptors (Lipinski definition) is 6. The van der Waals surface area contributed by atoms with Gasteiger partial charge in [0.05, 0.1) is 5.56 Å². The van der Waals surface area contributed by atoms with Crippen molar-refractivity contribution in [2.45, 2.75) is 4.90 Å². The van der Waals surface area contributed by atoms with Gasteiger partial charge >= 0.3 is 11.9 Å². The molecular weight excluding hydrogens is 310 g/mol. The number of phenolic OH excluding ortho intramolecular Hbond substituents is 1. The lowest BCUT2D eigenvalue weighted by molar-refractivity contribution is -0.0293. The van der Waals surface area contributed by atoms with Gasteiger partial charge in [-0.05, 0) is 28.7 Å². The molecule has 1 aliphatic heterocycles. The molecule has 8 heteroatoms. The Morgan fingerprint density at radius 1 is 1.05 bits per heavy atom. The van der Waals surface area contributed by atoms with E-state index in [1.165, 1.54) is 48.5 Å². The van der Waals surface area contributed by atoms with Crippen LogP contribution in [0, 0.1) is 0 Å². The van der Waals surface area contributed by atoms with Gasteiger partial charge in [-0.3, -0.25) is 4.79 Å². The maximum absolute atomic E-state index is 12.2. The van der Waals surface area contributed by atoms with E-state index in [2.05, 4.69) is 4.84 Å². The predicted molar refractivity (Wildman–Crippen MR) is 73.3 cm³/mol. The monoisotopic (exact) mass is 319 g/mol. The molecule has 0 saturated carbocycles. The number of carbonyl (C=O) groups is 2. The number of para-hydroxylation sites is 1. The van der Waals surface area contributed by atoms with Crippen LogP contribution in [0.1, 0.15) is 20.7 Å². The summed E-state index contributed by atoms with van der Waals surface area (Å²) < 4.78 is 24.5. The van der Waals surface area contributed by atoms with Crippen molar-refractivity contribution in [2.24, 2.45) is 0 Å². The van der Waals surface area contributed by atoms with Crippen LogP contribution in [0.2, 0.25) is 0 Å². The summed E-state index contributed by atoms with van der Waals surface area (Å²) in [6.07, 6.45) is 0. The van der Waals surface area contributed by atoms with E-state index in [0.717, 1.165) is 0 Å². The van der Waals surface area contributed by atoms with E-state index in [0.29, 0.717) is 0 Å². The van der Waals surface area contributed by atoms with Crippen LogP contribution < -0.4 is 0 Å². The number of carbonyl (C=O) groups excluding carboxylic acids is 2. The summed E-state index contributed by atoms with van der Waals surface area (Å²) in [6, 6.07) is 11.0. The number of fused-ring (bicyclic) bond motifs is 1. The number of rotatable bonds is 2. The van der Waals surface area contributed by atoms with Gasteiger partial charge in [-0.1, -0.05) is 24.3 Å². The minimum absolute atomic E-state index is 0.0342. The standard InChI is InChI=1S/C14H9NO6S/c16-11-7-3-1-5-9(11)14(18)21-15-13(17)10-6-2-4-8-12(10)22(15,19)20/h1-8,16H. The molecule has 0 bridgehead atoms. The smallest absolute Gasteiger partial charge is 0.368 e. The average Bonchev–Trinajstić information content (AvgIpc) is 2.69. The van der Waals surface area contributed by atoms with Gasteiger partial charge < -0.3 is 9.94 Å². The summed E-state index contributed by atoms with van der Waals surface area (Å²) in [7, 11) is -4.25. The Morgan fingerprint density at radius 2 is 1.68 bits per heavy atom. The Labute approximate surface area is 125 Å². The Balaban J connectivity index is 1.97. The molecule has 0 aromatic heterocycles. The zero-order valence-electron chi connectivity index (χ0n) is 11.0. The van der Waals surface area contributed by atoms with E-state index in [4.69, 9.17) is 0 Å². The maximum atomic E-state index is 12.2. The second-order valence-corrected chi connectivity index (χ2v) is 6.15. The summed E-state index contributed by atoms with van der Waals surface area (Å²) in [6.45, 7) is 0. The number of hydrogen-bond donors (Lipinski definition) is 1. The second-order valence-electron chi connectivity index (χ2n) is 4.43. The fourth-order valence-electron chi connectivity index (χ4n) is 2.03. The first kappa shape index (κ1) is 14.1. The summed E-state index contributed by atoms with van der Waals surface area (Å²) >= 11 is 0. The molecular formula is C14H9NO6S. The number of sulfonamides is 1. The number of hydroxylamine groups is 1. The minimum atomic E-state index is -4.25. The van der Waals surface area contributed by atoms with Gasteiger partial charge in [0.2, 0.25) is 0 Å². The molecule has 0 spiro atoms. The third kappa shape index (κ3) is 2.01. The van der Waals surface area contributed by atoms with Crippen molar-refractivity contribution in [2.75, 3.05) is 0 Å². The quantitative estimate of drug-likeness (QED) is 0.895. The van der Waals surface area contributed by atoms with Gasteiger partial charge in [0.15, 0.2) is 0 Å². The summed E-state index contributed by atoms with van der Waals surface area (Å²) in [5, 5.41) is 9.57. The molecule has 1 amide bonds. The van der Waals surface area contributed by atoms with Gasteiger partial charge in [0, 0.05) is 0 Å². The van der Waals surface area contributed by atoms with Crippen LogP contribution in [0.5, 0.6) is 5.75 Å². The van der Waals surface area contributed by atoms with Crippen molar-refractivity contribution in [3.8, 4) is 5.75 Å². The van der Waals surface area contributed by atoms with E-state index < -0.39 is 21.9 Å². The zero-order chi connectivity index (χ0) is 15.9. The number of benzene rings is 2. The van der Waals surface area contributed by atoms with Crippen LogP contribution in [0.25, 0.3) is 0 Å². The van der Waals surface area contributed by atoms with E-state index in [9.17, 15) is 23.1 Å². The highest BCUT2D eigenvalue weighted by Gasteiger charge is 2.44. The number of nitrogens with zero attached hydrogens (tertiary/aromatic N) is 1. The average molecular weight is 319 g/mol. The molecule has 2 aromatic carbocycles. The fraction of sp³-hybridized carbons (Fsp3) is 0. The van der Waals surface area contributed by atoms with Crippen LogP contribution in [-0.2, 0) is 14.9 Å². The van der Waals surface area contributed by atoms with Crippen LogP contribution in [0.3, 0.4) is 0 Å². The van der Waals surface area contributed by atoms with Gasteiger partial charge in [-0.15, -0.1) is 0 Å². The van der Waals surface area contributed by atoms with Gasteiger partial charge in [0.25, 0.3) is 10.0 Å². The van der Waals surface area contributed by atoms with E-state index in [1.54, 1.807) is 0 Å². The number of amides is 1. The molecule has 0 unspecified atom stereocenters. The predicted octanol–water partition coefficient (Wildman–Crippen LogP) is 1.31. The van der Waals surface area contributed by atoms with Crippen molar-refractivity contribution in [3.63, 3.8) is 0 Å². The molecule has 1 heterocycles. The molecule has 0 saturated heterocycles. The lowest BCUT2D eigenvalue weighted by Crippen LogP contribution is -2.32. The Hall–Kier alpha value is -2.87. The molecule has 112 valence electrons. The Kier molecular flexibility index (Phi) is 3.10. The van der Waals surface area contributed by atoms with Gasteiger partial charge in [-0.25, -0.2) is 4.79 Å². The highest BCUT2D eigenvalue weighted by atomic mass is 32.2. The van der Waals surface area contributed by atoms with Crippen LogP contribution >= 0.6 is 0 Å². The van der Waals surface area contributed by atoms with Crippen molar-refractivity contribution < 1.29 is 28.0 Å². The highest BCUT2D eigenvalue weighted by Crippen LogP contribution is 2.31. The molecule has 7 nitrogen and oxygen atoms in total. The number of phenols is 1. The SMILES string of the molecule is O=C(ON1C(=O)c2ccccc2S1(=O)=O)c1ccccc1O. The van der Waals surface area contributed by atoms with E-state index in [1.807, 2.05) is 0 Å². The topological polar surface area (TPSA) is 101 Å². The normalized spacial score (nSPS) is 15.5. The Morgan fingerprint density at radius 3 is 2.36 bits per heavy atom. The molecule has 1 N–H and O–H groups in total. The largest absolute Gasteiger partial charge is 0.507 e. The molecule has 22 heavy (non-hydrogen) atoms. The van der Waals surface area contributed by atoms with Crippen LogP contribution in [-0.4, -0.2) is 29.9 Å². The third-order valence-corrected chi connectivity index (χ3v) is 4.66. The highest BCUT2D eigenvalue weighted by molar-refractivity contribution is 7.90. The van der Waals surface area contributed by atoms with E-state index in [-0.39, 0.29) is 26.2 Å². The maximum Gasteiger partial charge on any atom is 0.368 e. The first-order valence-corrected chi connectivity index (χ1v) is 7.56. The van der Waals surface area contributed by atoms with Crippen molar-refractivity contribution in [1.82, 2.24) is 4.47 Å². The van der Waals surface area contributed by atoms with Crippen molar-refractivity contribution in [1.29, 1.82) is 0 Å².